The molecule has 2 saturated carbocycles. The van der Waals surface area contributed by atoms with Gasteiger partial charge in [0, 0.05) is 39.7 Å². The van der Waals surface area contributed by atoms with Crippen LogP contribution < -0.4 is 14.9 Å². The van der Waals surface area contributed by atoms with Crippen LogP contribution in [0.4, 0.5) is 5.69 Å². The lowest BCUT2D eigenvalue weighted by molar-refractivity contribution is -0.141. The molecule has 9 nitrogen and oxygen atoms in total. The van der Waals surface area contributed by atoms with E-state index >= 15 is 0 Å². The van der Waals surface area contributed by atoms with Crippen LogP contribution in [0, 0.1) is 29.6 Å². The molecule has 3 amide bonds. The smallest absolute Gasteiger partial charge is 0.305 e. The zero-order valence-electron chi connectivity index (χ0n) is 22.5. The van der Waals surface area contributed by atoms with E-state index in [0.29, 0.717) is 23.1 Å². The highest BCUT2D eigenvalue weighted by atomic mass is 35.5. The van der Waals surface area contributed by atoms with Gasteiger partial charge in [-0.25, -0.2) is 0 Å². The molecule has 12 heteroatoms. The molecular weight excluding hydrogens is 598 g/mol. The summed E-state index contributed by atoms with van der Waals surface area (Å²) >= 11 is 8.72. The van der Waals surface area contributed by atoms with Crippen LogP contribution in [0.2, 0.25) is 5.02 Å². The molecule has 0 spiro atoms. The number of benzene rings is 2. The average molecular weight is 626 g/mol. The van der Waals surface area contributed by atoms with Gasteiger partial charge in [0.25, 0.3) is 0 Å². The van der Waals surface area contributed by atoms with Crippen molar-refractivity contribution in [2.45, 2.75) is 36.0 Å². The number of aromatic amines is 1. The van der Waals surface area contributed by atoms with Gasteiger partial charge in [0.05, 0.1) is 23.5 Å². The molecular formula is C30H28ClN3O6S2. The number of anilines is 1. The number of carbonyl (C=O) groups is 3. The number of likely N-dealkylation sites (tertiary alicyclic amines) is 1. The Morgan fingerprint density at radius 1 is 1.12 bits per heavy atom. The first kappa shape index (κ1) is 27.5. The largest absolute Gasteiger partial charge is 0.504 e. The van der Waals surface area contributed by atoms with Crippen LogP contribution in [0.3, 0.4) is 0 Å². The monoisotopic (exact) mass is 625 g/mol. The summed E-state index contributed by atoms with van der Waals surface area (Å²) in [5.74, 6) is -1.30. The van der Waals surface area contributed by atoms with Crippen LogP contribution >= 0.6 is 34.7 Å². The fourth-order valence-electron chi connectivity index (χ4n) is 7.64. The molecule has 4 aliphatic rings. The number of halogens is 1. The third-order valence-electron chi connectivity index (χ3n) is 9.15. The third-order valence-corrected chi connectivity index (χ3v) is 12.0. The topological polar surface area (TPSA) is 129 Å². The van der Waals surface area contributed by atoms with Crippen molar-refractivity contribution in [2.24, 2.45) is 29.6 Å². The van der Waals surface area contributed by atoms with E-state index in [-0.39, 0.29) is 70.2 Å². The lowest BCUT2D eigenvalue weighted by Crippen LogP contribution is -2.42. The summed E-state index contributed by atoms with van der Waals surface area (Å²) in [6.07, 6.45) is 0.775. The Balaban J connectivity index is 1.15. The van der Waals surface area contributed by atoms with Gasteiger partial charge < -0.3 is 20.1 Å². The van der Waals surface area contributed by atoms with Gasteiger partial charge in [-0.3, -0.25) is 24.1 Å². The molecule has 7 unspecified atom stereocenters. The number of hydrogen-bond acceptors (Lipinski definition) is 8. The minimum Gasteiger partial charge on any atom is -0.504 e. The third kappa shape index (κ3) is 4.36. The molecule has 2 aromatic carbocycles. The van der Waals surface area contributed by atoms with Gasteiger partial charge in [-0.05, 0) is 73.1 Å². The second-order valence-corrected chi connectivity index (χ2v) is 13.9. The second kappa shape index (κ2) is 10.5. The van der Waals surface area contributed by atoms with Crippen LogP contribution in [0.5, 0.6) is 11.5 Å². The fraction of sp³-hybridized carbons (Fsp3) is 0.400. The Bertz CT molecular complexity index is 1660. The van der Waals surface area contributed by atoms with Crippen LogP contribution in [0.15, 0.2) is 52.3 Å². The summed E-state index contributed by atoms with van der Waals surface area (Å²) in [5, 5.41) is 14.6. The van der Waals surface area contributed by atoms with E-state index in [9.17, 15) is 24.3 Å². The maximum Gasteiger partial charge on any atom is 0.305 e. The number of nitrogens with zero attached hydrogens (tertiary/aromatic N) is 1. The summed E-state index contributed by atoms with van der Waals surface area (Å²) in [4.78, 5) is 57.7. The summed E-state index contributed by atoms with van der Waals surface area (Å²) in [5.41, 5.74) is 1.51. The van der Waals surface area contributed by atoms with Crippen molar-refractivity contribution in [3.05, 3.63) is 67.6 Å². The molecule has 1 saturated heterocycles. The molecule has 3 aromatic rings. The number of amides is 3. The van der Waals surface area contributed by atoms with E-state index in [4.69, 9.17) is 16.3 Å². The zero-order valence-corrected chi connectivity index (χ0v) is 24.9. The van der Waals surface area contributed by atoms with Crippen molar-refractivity contribution < 1.29 is 24.2 Å². The van der Waals surface area contributed by atoms with Crippen LogP contribution in [0.1, 0.15) is 36.1 Å². The molecule has 42 heavy (non-hydrogen) atoms. The van der Waals surface area contributed by atoms with Crippen LogP contribution in [0.25, 0.3) is 0 Å². The number of nitrogens with one attached hydrogen (secondary N) is 2. The molecule has 2 bridgehead atoms. The number of rotatable bonds is 7. The number of carbonyl (C=O) groups excluding carboxylic acids is 3. The minimum atomic E-state index is -0.438. The van der Waals surface area contributed by atoms with E-state index in [1.165, 1.54) is 16.2 Å². The van der Waals surface area contributed by atoms with E-state index < -0.39 is 11.8 Å². The molecule has 1 aromatic heterocycles. The van der Waals surface area contributed by atoms with E-state index in [1.54, 1.807) is 42.1 Å². The maximum atomic E-state index is 13.8. The highest BCUT2D eigenvalue weighted by molar-refractivity contribution is 8.00. The number of aromatic nitrogens is 1. The number of thioether (sulfide) groups is 1. The van der Waals surface area contributed by atoms with Crippen molar-refractivity contribution in [1.82, 2.24) is 9.88 Å². The first-order chi connectivity index (χ1) is 20.2. The van der Waals surface area contributed by atoms with E-state index in [1.807, 2.05) is 19.1 Å². The van der Waals surface area contributed by atoms with Crippen molar-refractivity contribution in [1.29, 1.82) is 0 Å². The van der Waals surface area contributed by atoms with Gasteiger partial charge in [-0.2, -0.15) is 0 Å². The number of ether oxygens (including phenoxy) is 1. The summed E-state index contributed by atoms with van der Waals surface area (Å²) in [6, 6.07) is 12.1. The number of hydrogen-bond donors (Lipinski definition) is 3. The molecule has 2 aliphatic heterocycles. The maximum absolute atomic E-state index is 13.8. The molecule has 2 aliphatic carbocycles. The zero-order chi connectivity index (χ0) is 29.3. The molecule has 3 fully saturated rings. The Morgan fingerprint density at radius 3 is 2.60 bits per heavy atom. The van der Waals surface area contributed by atoms with Crippen molar-refractivity contribution in [3.8, 4) is 11.5 Å². The molecule has 218 valence electrons. The first-order valence-electron chi connectivity index (χ1n) is 14.0. The number of phenolic OH excluding ortho intramolecular Hbond substituents is 1. The van der Waals surface area contributed by atoms with E-state index in [0.717, 1.165) is 21.9 Å². The average Bonchev–Trinajstić information content (AvgIpc) is 3.69. The number of thiazole rings is 1. The van der Waals surface area contributed by atoms with Gasteiger partial charge in [0.15, 0.2) is 11.5 Å². The second-order valence-electron chi connectivity index (χ2n) is 11.3. The standard InChI is InChI=1S/C30H28ClN3O6S2/c1-2-40-19-11-13(3-8-18(19)35)21-22-16-12-17(25(22)41-27-26(21)42-30(39)33-27)24-23(16)28(37)34(29(24)38)10-9-20(36)32-15-6-4-14(31)5-7-15/h3-8,11,16-17,21-25,35H,2,9-10,12H2,1H3,(H,32,36)(H,33,39). The molecule has 7 atom stereocenters. The fourth-order valence-corrected chi connectivity index (χ4v) is 10.7. The Hall–Kier alpha value is -3.28. The minimum absolute atomic E-state index is 0.00531. The molecule has 0 radical (unpaired) electrons. The number of aromatic hydroxyl groups is 1. The number of phenols is 1. The number of imide groups is 1. The van der Waals surface area contributed by atoms with Crippen LogP contribution in [-0.2, 0) is 14.4 Å². The lowest BCUT2D eigenvalue weighted by Gasteiger charge is -2.43. The SMILES string of the molecule is CCOc1cc(C2c3sc(=O)[nH]c3SC3C4CC(C5C(=O)N(CCC(=O)Nc6ccc(Cl)cc6)C(=O)C45)C23)ccc1O. The van der Waals surface area contributed by atoms with Gasteiger partial charge >= 0.3 is 4.87 Å². The predicted molar refractivity (Wildman–Crippen MR) is 159 cm³/mol. The quantitative estimate of drug-likeness (QED) is 0.325. The normalized spacial score (nSPS) is 28.9. The van der Waals surface area contributed by atoms with Gasteiger partial charge in [0.1, 0.15) is 0 Å². The van der Waals surface area contributed by atoms with Crippen LogP contribution in [-0.4, -0.2) is 51.1 Å². The van der Waals surface area contributed by atoms with Crippen molar-refractivity contribution in [2.75, 3.05) is 18.5 Å². The van der Waals surface area contributed by atoms with Gasteiger partial charge in [0.2, 0.25) is 17.7 Å². The van der Waals surface area contributed by atoms with Crippen molar-refractivity contribution in [3.63, 3.8) is 0 Å². The van der Waals surface area contributed by atoms with E-state index in [2.05, 4.69) is 10.3 Å². The summed E-state index contributed by atoms with van der Waals surface area (Å²) < 4.78 is 5.67. The Morgan fingerprint density at radius 2 is 1.86 bits per heavy atom. The summed E-state index contributed by atoms with van der Waals surface area (Å²) in [7, 11) is 0. The number of H-pyrrole nitrogens is 1. The highest BCUT2D eigenvalue weighted by Gasteiger charge is 2.69. The van der Waals surface area contributed by atoms with Crippen molar-refractivity contribution >= 4 is 58.1 Å². The molecule has 7 rings (SSSR count). The molecule has 3 heterocycles. The first-order valence-corrected chi connectivity index (χ1v) is 16.1. The van der Waals surface area contributed by atoms with Gasteiger partial charge in [-0.15, -0.1) is 11.8 Å². The lowest BCUT2D eigenvalue weighted by atomic mass is 9.68. The Labute approximate surface area is 254 Å². The molecule has 3 N–H and O–H groups in total. The summed E-state index contributed by atoms with van der Waals surface area (Å²) in [6.45, 7) is 2.28. The predicted octanol–water partition coefficient (Wildman–Crippen LogP) is 4.70. The Kier molecular flexibility index (Phi) is 6.86. The number of fused-ring (bicyclic) bond motifs is 9. The highest BCUT2D eigenvalue weighted by Crippen LogP contribution is 2.68. The van der Waals surface area contributed by atoms with Gasteiger partial charge in [-0.1, -0.05) is 29.0 Å².